The van der Waals surface area contributed by atoms with Crippen molar-refractivity contribution >= 4 is 5.69 Å². The van der Waals surface area contributed by atoms with Crippen molar-refractivity contribution in [3.05, 3.63) is 45.9 Å². The second-order valence-electron chi connectivity index (χ2n) is 4.89. The van der Waals surface area contributed by atoms with Crippen molar-refractivity contribution < 1.29 is 5.11 Å². The number of aliphatic hydroxyl groups excluding tert-OH is 1. The van der Waals surface area contributed by atoms with E-state index in [2.05, 4.69) is 9.97 Å². The molecule has 0 saturated heterocycles. The van der Waals surface area contributed by atoms with Gasteiger partial charge >= 0.3 is 0 Å². The van der Waals surface area contributed by atoms with Crippen LogP contribution in [-0.2, 0) is 6.42 Å². The van der Waals surface area contributed by atoms with Gasteiger partial charge in [-0.1, -0.05) is 0 Å². The number of aliphatic hydroxyl groups is 1. The third-order valence-electron chi connectivity index (χ3n) is 3.24. The van der Waals surface area contributed by atoms with Gasteiger partial charge < -0.3 is 15.0 Å². The zero-order valence-electron chi connectivity index (χ0n) is 12.0. The van der Waals surface area contributed by atoms with Gasteiger partial charge in [-0.25, -0.2) is 4.98 Å². The number of benzene rings is 1. The summed E-state index contributed by atoms with van der Waals surface area (Å²) in [6, 6.07) is 7.82. The van der Waals surface area contributed by atoms with Gasteiger partial charge in [0.15, 0.2) is 0 Å². The van der Waals surface area contributed by atoms with Crippen LogP contribution in [0.2, 0.25) is 0 Å². The molecule has 20 heavy (non-hydrogen) atoms. The number of H-pyrrole nitrogens is 1. The summed E-state index contributed by atoms with van der Waals surface area (Å²) in [7, 11) is 3.95. The van der Waals surface area contributed by atoms with Gasteiger partial charge in [0, 0.05) is 49.6 Å². The maximum atomic E-state index is 12.0. The first-order valence-electron chi connectivity index (χ1n) is 6.51. The molecule has 5 nitrogen and oxygen atoms in total. The number of rotatable bonds is 4. The van der Waals surface area contributed by atoms with E-state index in [0.29, 0.717) is 23.5 Å². The highest BCUT2D eigenvalue weighted by atomic mass is 16.3. The van der Waals surface area contributed by atoms with Crippen LogP contribution in [0.4, 0.5) is 5.69 Å². The molecule has 1 aromatic carbocycles. The smallest absolute Gasteiger partial charge is 0.254 e. The lowest BCUT2D eigenvalue weighted by Crippen LogP contribution is -2.18. The van der Waals surface area contributed by atoms with Gasteiger partial charge in [-0.15, -0.1) is 0 Å². The molecule has 0 amide bonds. The molecule has 0 spiro atoms. The minimum atomic E-state index is -0.182. The molecule has 0 aliphatic heterocycles. The Morgan fingerprint density at radius 1 is 1.25 bits per heavy atom. The second kappa shape index (κ2) is 5.88. The molecule has 2 aromatic rings. The first kappa shape index (κ1) is 14.3. The van der Waals surface area contributed by atoms with Crippen molar-refractivity contribution in [3.8, 4) is 11.4 Å². The van der Waals surface area contributed by atoms with E-state index in [1.165, 1.54) is 0 Å². The highest BCUT2D eigenvalue weighted by molar-refractivity contribution is 5.60. The molecule has 1 aromatic heterocycles. The highest BCUT2D eigenvalue weighted by Gasteiger charge is 2.09. The number of hydrogen-bond donors (Lipinski definition) is 2. The van der Waals surface area contributed by atoms with E-state index in [9.17, 15) is 4.79 Å². The van der Waals surface area contributed by atoms with Crippen LogP contribution < -0.4 is 10.5 Å². The lowest BCUT2D eigenvalue weighted by atomic mass is 10.1. The van der Waals surface area contributed by atoms with Gasteiger partial charge in [0.05, 0.1) is 0 Å². The van der Waals surface area contributed by atoms with Crippen molar-refractivity contribution in [2.75, 3.05) is 25.6 Å². The summed E-state index contributed by atoms with van der Waals surface area (Å²) in [6.07, 6.45) is 0.327. The molecule has 0 atom stereocenters. The normalized spacial score (nSPS) is 10.6. The third-order valence-corrected chi connectivity index (χ3v) is 3.24. The van der Waals surface area contributed by atoms with Crippen molar-refractivity contribution in [1.82, 2.24) is 9.97 Å². The quantitative estimate of drug-likeness (QED) is 0.882. The summed E-state index contributed by atoms with van der Waals surface area (Å²) in [5, 5.41) is 8.95. The second-order valence-corrected chi connectivity index (χ2v) is 4.89. The predicted octanol–water partition coefficient (Wildman–Crippen LogP) is 1.35. The van der Waals surface area contributed by atoms with Gasteiger partial charge in [-0.2, -0.15) is 0 Å². The van der Waals surface area contributed by atoms with Crippen LogP contribution in [0.3, 0.4) is 0 Å². The van der Waals surface area contributed by atoms with E-state index in [1.54, 1.807) is 6.92 Å². The number of nitrogens with zero attached hydrogens (tertiary/aromatic N) is 2. The number of hydrogen-bond acceptors (Lipinski definition) is 4. The lowest BCUT2D eigenvalue weighted by molar-refractivity contribution is 0.298. The number of nitrogens with one attached hydrogen (secondary N) is 1. The van der Waals surface area contributed by atoms with E-state index in [1.807, 2.05) is 43.3 Å². The monoisotopic (exact) mass is 273 g/mol. The van der Waals surface area contributed by atoms with Crippen LogP contribution in [0, 0.1) is 6.92 Å². The van der Waals surface area contributed by atoms with Gasteiger partial charge in [0.1, 0.15) is 5.82 Å². The van der Waals surface area contributed by atoms with E-state index < -0.39 is 0 Å². The van der Waals surface area contributed by atoms with Crippen LogP contribution in [0.5, 0.6) is 0 Å². The van der Waals surface area contributed by atoms with Crippen LogP contribution in [0.25, 0.3) is 11.4 Å². The maximum Gasteiger partial charge on any atom is 0.254 e. The molecule has 5 heteroatoms. The molecule has 0 fully saturated rings. The largest absolute Gasteiger partial charge is 0.396 e. The first-order valence-corrected chi connectivity index (χ1v) is 6.51. The van der Waals surface area contributed by atoms with E-state index in [-0.39, 0.29) is 12.2 Å². The molecule has 0 saturated carbocycles. The molecular weight excluding hydrogens is 254 g/mol. The highest BCUT2D eigenvalue weighted by Crippen LogP contribution is 2.19. The number of aromatic amines is 1. The van der Waals surface area contributed by atoms with Gasteiger partial charge in [-0.3, -0.25) is 4.79 Å². The first-order chi connectivity index (χ1) is 9.52. The summed E-state index contributed by atoms with van der Waals surface area (Å²) >= 11 is 0. The molecule has 106 valence electrons. The van der Waals surface area contributed by atoms with Crippen LogP contribution in [0.15, 0.2) is 29.1 Å². The Hall–Kier alpha value is -2.14. The van der Waals surface area contributed by atoms with Gasteiger partial charge in [0.2, 0.25) is 0 Å². The maximum absolute atomic E-state index is 12.0. The molecule has 0 unspecified atom stereocenters. The SMILES string of the molecule is Cc1nc(-c2ccc(N(C)C)cc2)[nH]c(=O)c1CCO. The molecule has 2 rings (SSSR count). The molecule has 1 heterocycles. The van der Waals surface area contributed by atoms with E-state index in [0.717, 1.165) is 11.3 Å². The van der Waals surface area contributed by atoms with Gasteiger partial charge in [-0.05, 0) is 31.2 Å². The van der Waals surface area contributed by atoms with Crippen molar-refractivity contribution in [3.63, 3.8) is 0 Å². The summed E-state index contributed by atoms with van der Waals surface area (Å²) in [5.41, 5.74) is 2.98. The topological polar surface area (TPSA) is 69.2 Å². The summed E-state index contributed by atoms with van der Waals surface area (Å²) in [5.74, 6) is 0.555. The standard InChI is InChI=1S/C15H19N3O2/c1-10-13(8-9-19)15(20)17-14(16-10)11-4-6-12(7-5-11)18(2)3/h4-7,19H,8-9H2,1-3H3,(H,16,17,20). The Morgan fingerprint density at radius 3 is 2.40 bits per heavy atom. The molecule has 0 aliphatic rings. The van der Waals surface area contributed by atoms with Gasteiger partial charge in [0.25, 0.3) is 5.56 Å². The van der Waals surface area contributed by atoms with Crippen molar-refractivity contribution in [2.24, 2.45) is 0 Å². The number of anilines is 1. The van der Waals surface area contributed by atoms with E-state index >= 15 is 0 Å². The molecular formula is C15H19N3O2. The fraction of sp³-hybridized carbons (Fsp3) is 0.333. The minimum absolute atomic E-state index is 0.0531. The summed E-state index contributed by atoms with van der Waals surface area (Å²) in [6.45, 7) is 1.74. The van der Waals surface area contributed by atoms with Crippen LogP contribution >= 0.6 is 0 Å². The van der Waals surface area contributed by atoms with Crippen LogP contribution in [0.1, 0.15) is 11.3 Å². The molecule has 0 aliphatic carbocycles. The van der Waals surface area contributed by atoms with Crippen molar-refractivity contribution in [1.29, 1.82) is 0 Å². The zero-order valence-corrected chi connectivity index (χ0v) is 12.0. The fourth-order valence-electron chi connectivity index (χ4n) is 2.07. The average Bonchev–Trinajstić information content (AvgIpc) is 2.42. The Balaban J connectivity index is 2.41. The number of aryl methyl sites for hydroxylation is 1. The van der Waals surface area contributed by atoms with E-state index in [4.69, 9.17) is 5.11 Å². The molecule has 0 bridgehead atoms. The number of aromatic nitrogens is 2. The minimum Gasteiger partial charge on any atom is -0.396 e. The summed E-state index contributed by atoms with van der Waals surface area (Å²) in [4.78, 5) is 21.2. The zero-order chi connectivity index (χ0) is 14.7. The Labute approximate surface area is 117 Å². The third kappa shape index (κ3) is 2.88. The Morgan fingerprint density at radius 2 is 1.90 bits per heavy atom. The molecule has 0 radical (unpaired) electrons. The fourth-order valence-corrected chi connectivity index (χ4v) is 2.07. The molecule has 2 N–H and O–H groups in total. The lowest BCUT2D eigenvalue weighted by Gasteiger charge is -2.12. The van der Waals surface area contributed by atoms with Crippen LogP contribution in [-0.4, -0.2) is 35.8 Å². The Kier molecular flexibility index (Phi) is 4.20. The summed E-state index contributed by atoms with van der Waals surface area (Å²) < 4.78 is 0. The van der Waals surface area contributed by atoms with Crippen molar-refractivity contribution in [2.45, 2.75) is 13.3 Å². The Bertz CT molecular complexity index is 645. The predicted molar refractivity (Wildman–Crippen MR) is 80.1 cm³/mol. The average molecular weight is 273 g/mol.